The fourth-order valence-corrected chi connectivity index (χ4v) is 5.71. The molecule has 0 radical (unpaired) electrons. The van der Waals surface area contributed by atoms with Gasteiger partial charge in [0.1, 0.15) is 28.2 Å². The summed E-state index contributed by atoms with van der Waals surface area (Å²) in [5, 5.41) is 25.3. The molecule has 5 heterocycles. The predicted molar refractivity (Wildman–Crippen MR) is 186 cm³/mol. The van der Waals surface area contributed by atoms with Gasteiger partial charge in [0.15, 0.2) is 5.65 Å². The molecule has 18 heteroatoms. The first-order valence-corrected chi connectivity index (χ1v) is 15.9. The number of carbonyl (C=O) groups excluding carboxylic acids is 4. The zero-order valence-corrected chi connectivity index (χ0v) is 28.2. The van der Waals surface area contributed by atoms with E-state index in [-0.39, 0.29) is 52.9 Å². The molecule has 0 unspecified atom stereocenters. The summed E-state index contributed by atoms with van der Waals surface area (Å²) < 4.78 is 6.35. The summed E-state index contributed by atoms with van der Waals surface area (Å²) in [4.78, 5) is 63.9. The Morgan fingerprint density at radius 3 is 1.80 bits per heavy atom. The number of hydrogen-bond acceptors (Lipinski definition) is 10. The third kappa shape index (κ3) is 6.61. The van der Waals surface area contributed by atoms with Gasteiger partial charge in [-0.15, -0.1) is 0 Å². The van der Waals surface area contributed by atoms with Gasteiger partial charge in [-0.1, -0.05) is 12.2 Å². The Kier molecular flexibility index (Phi) is 9.06. The van der Waals surface area contributed by atoms with Gasteiger partial charge in [-0.2, -0.15) is 10.2 Å². The average molecular weight is 694 g/mol. The summed E-state index contributed by atoms with van der Waals surface area (Å²) in [7, 11) is 0. The molecule has 0 spiro atoms. The molecule has 0 fully saturated rings. The molecule has 4 amide bonds. The monoisotopic (exact) mass is 693 g/mol. The Labute approximate surface area is 289 Å². The highest BCUT2D eigenvalue weighted by atomic mass is 16.3. The van der Waals surface area contributed by atoms with Crippen molar-refractivity contribution in [2.75, 3.05) is 10.6 Å². The first-order chi connectivity index (χ1) is 24.4. The van der Waals surface area contributed by atoms with Crippen molar-refractivity contribution in [3.8, 4) is 5.75 Å². The minimum atomic E-state index is -0.754. The molecule has 7 N–H and O–H groups in total. The molecule has 51 heavy (non-hydrogen) atoms. The number of carbonyl (C=O) groups is 4. The molecule has 6 rings (SSSR count). The van der Waals surface area contributed by atoms with Gasteiger partial charge in [0.05, 0.1) is 22.5 Å². The van der Waals surface area contributed by atoms with Gasteiger partial charge < -0.3 is 21.1 Å². The van der Waals surface area contributed by atoms with Crippen molar-refractivity contribution in [3.63, 3.8) is 0 Å². The number of nitrogens with one attached hydrogen (secondary N) is 2. The number of nitrogens with two attached hydrogens (primary N) is 2. The quantitative estimate of drug-likeness (QED) is 0.117. The lowest BCUT2D eigenvalue weighted by molar-refractivity contribution is 0.0991. The zero-order valence-electron chi connectivity index (χ0n) is 28.2. The van der Waals surface area contributed by atoms with Crippen LogP contribution >= 0.6 is 0 Å². The largest absolute Gasteiger partial charge is 0.506 e. The fraction of sp³-hybridized carbons (Fsp3) is 0.242. The molecule has 0 aliphatic heterocycles. The third-order valence-electron chi connectivity index (χ3n) is 8.04. The number of rotatable bonds is 12. The predicted octanol–water partition coefficient (Wildman–Crippen LogP) is 2.50. The van der Waals surface area contributed by atoms with Crippen molar-refractivity contribution >= 4 is 57.7 Å². The van der Waals surface area contributed by atoms with E-state index in [2.05, 4.69) is 35.8 Å². The second-order valence-electron chi connectivity index (χ2n) is 11.6. The van der Waals surface area contributed by atoms with Crippen LogP contribution in [0.1, 0.15) is 66.9 Å². The number of aryl methyl sites for hydroxylation is 4. The van der Waals surface area contributed by atoms with Gasteiger partial charge >= 0.3 is 0 Å². The minimum Gasteiger partial charge on any atom is -0.506 e. The van der Waals surface area contributed by atoms with E-state index >= 15 is 0 Å². The van der Waals surface area contributed by atoms with Crippen LogP contribution in [0.4, 0.5) is 11.9 Å². The van der Waals surface area contributed by atoms with Gasteiger partial charge in [-0.25, -0.2) is 15.0 Å². The van der Waals surface area contributed by atoms with E-state index in [0.29, 0.717) is 47.0 Å². The lowest BCUT2D eigenvalue weighted by Crippen LogP contribution is -2.20. The number of aromatic nitrogens is 9. The SMILES string of the molecule is CCn1nc(C)cc1C(=O)Nc1nc2cc(C(N)=O)cnc2n1C/C=C/Cn1c(NC(=O)c2cc(C)nn2CC)nc2cc(C(N)=O)cc(O)c21. The van der Waals surface area contributed by atoms with Crippen molar-refractivity contribution in [1.82, 2.24) is 43.6 Å². The molecule has 0 bridgehead atoms. The van der Waals surface area contributed by atoms with E-state index in [4.69, 9.17) is 11.5 Å². The van der Waals surface area contributed by atoms with Crippen LogP contribution < -0.4 is 22.1 Å². The molecule has 6 aromatic rings. The van der Waals surface area contributed by atoms with Gasteiger partial charge in [-0.05, 0) is 58.0 Å². The van der Waals surface area contributed by atoms with Crippen molar-refractivity contribution < 1.29 is 24.3 Å². The number of primary amides is 2. The van der Waals surface area contributed by atoms with Gasteiger partial charge in [0.2, 0.25) is 23.7 Å². The first kappa shape index (κ1) is 34.0. The Balaban J connectivity index is 1.34. The Morgan fingerprint density at radius 1 is 0.745 bits per heavy atom. The summed E-state index contributed by atoms with van der Waals surface area (Å²) in [6.07, 6.45) is 4.85. The number of amides is 4. The number of phenolic OH excluding ortho intramolecular Hbond substituents is 1. The highest BCUT2D eigenvalue weighted by Crippen LogP contribution is 2.30. The molecule has 18 nitrogen and oxygen atoms in total. The summed E-state index contributed by atoms with van der Waals surface area (Å²) in [5.74, 6) is -2.35. The van der Waals surface area contributed by atoms with Gasteiger partial charge in [0.25, 0.3) is 11.8 Å². The topological polar surface area (TPSA) is 249 Å². The molecule has 0 aliphatic rings. The van der Waals surface area contributed by atoms with Crippen LogP contribution in [0.3, 0.4) is 0 Å². The van der Waals surface area contributed by atoms with Crippen LogP contribution in [0.5, 0.6) is 5.75 Å². The number of anilines is 2. The number of hydrogen-bond donors (Lipinski definition) is 5. The van der Waals surface area contributed by atoms with E-state index in [0.717, 1.165) is 0 Å². The summed E-state index contributed by atoms with van der Waals surface area (Å²) in [5.41, 5.74) is 14.3. The number of aromatic hydroxyl groups is 1. The van der Waals surface area contributed by atoms with E-state index in [1.54, 1.807) is 56.6 Å². The number of fused-ring (bicyclic) bond motifs is 2. The average Bonchev–Trinajstić information content (AvgIpc) is 3.85. The number of benzene rings is 1. The number of imidazole rings is 2. The molecular weight excluding hydrogens is 658 g/mol. The highest BCUT2D eigenvalue weighted by Gasteiger charge is 2.22. The van der Waals surface area contributed by atoms with Crippen molar-refractivity contribution in [1.29, 1.82) is 0 Å². The maximum absolute atomic E-state index is 13.4. The van der Waals surface area contributed by atoms with Crippen molar-refractivity contribution in [3.05, 3.63) is 82.6 Å². The van der Waals surface area contributed by atoms with E-state index in [9.17, 15) is 24.3 Å². The van der Waals surface area contributed by atoms with E-state index in [1.165, 1.54) is 24.4 Å². The van der Waals surface area contributed by atoms with E-state index < -0.39 is 23.6 Å². The normalized spacial score (nSPS) is 11.5. The Morgan fingerprint density at radius 2 is 1.25 bits per heavy atom. The van der Waals surface area contributed by atoms with Crippen LogP contribution in [0.25, 0.3) is 22.2 Å². The summed E-state index contributed by atoms with van der Waals surface area (Å²) in [6, 6.07) is 7.47. The van der Waals surface area contributed by atoms with Gasteiger partial charge in [-0.3, -0.25) is 43.7 Å². The molecule has 0 aliphatic carbocycles. The first-order valence-electron chi connectivity index (χ1n) is 15.9. The van der Waals surface area contributed by atoms with Crippen molar-refractivity contribution in [2.24, 2.45) is 11.5 Å². The molecule has 0 saturated carbocycles. The minimum absolute atomic E-state index is 0.0449. The summed E-state index contributed by atoms with van der Waals surface area (Å²) >= 11 is 0. The molecule has 262 valence electrons. The second kappa shape index (κ2) is 13.6. The Hall–Kier alpha value is -6.85. The van der Waals surface area contributed by atoms with Crippen LogP contribution in [-0.2, 0) is 26.2 Å². The number of pyridine rings is 1. The highest BCUT2D eigenvalue weighted by molar-refractivity contribution is 6.05. The van der Waals surface area contributed by atoms with E-state index in [1.807, 2.05) is 13.8 Å². The molecule has 5 aromatic heterocycles. The second-order valence-corrected chi connectivity index (χ2v) is 11.6. The van der Waals surface area contributed by atoms with Crippen LogP contribution in [0.2, 0.25) is 0 Å². The van der Waals surface area contributed by atoms with Crippen LogP contribution in [-0.4, -0.2) is 72.4 Å². The van der Waals surface area contributed by atoms with Crippen LogP contribution in [0, 0.1) is 13.8 Å². The van der Waals surface area contributed by atoms with Gasteiger partial charge in [0, 0.05) is 37.9 Å². The lowest BCUT2D eigenvalue weighted by atomic mass is 10.1. The smallest absolute Gasteiger partial charge is 0.276 e. The third-order valence-corrected chi connectivity index (χ3v) is 8.04. The van der Waals surface area contributed by atoms with Crippen LogP contribution in [0.15, 0.2) is 48.7 Å². The molecule has 1 aromatic carbocycles. The zero-order chi connectivity index (χ0) is 36.6. The number of nitrogens with zero attached hydrogens (tertiary/aromatic N) is 9. The molecular formula is C33H35N13O5. The standard InChI is InChI=1S/C33H35N13O5/c1-5-45-23(11-17(3)41-45)30(50)39-32-37-21-13-19(27(34)48)15-25(47)26(21)43(32)9-7-8-10-44-29-22(14-20(16-36-29)28(35)49)38-33(44)40-31(51)24-12-18(4)42-46(24)6-2/h7-8,11-16,47H,5-6,9-10H2,1-4H3,(H2,34,48)(H2,35,49)(H,37,39,50)(H,38,40,51)/b8-7+. The molecule has 0 atom stereocenters. The maximum Gasteiger partial charge on any atom is 0.276 e. The number of allylic oxidation sites excluding steroid dienone is 2. The summed E-state index contributed by atoms with van der Waals surface area (Å²) in [6.45, 7) is 8.50. The fourth-order valence-electron chi connectivity index (χ4n) is 5.71. The maximum atomic E-state index is 13.4. The number of phenols is 1. The van der Waals surface area contributed by atoms with Crippen molar-refractivity contribution in [2.45, 2.75) is 53.9 Å². The molecule has 0 saturated heterocycles. The lowest BCUT2D eigenvalue weighted by Gasteiger charge is -2.10. The Bertz CT molecular complexity index is 2390.